The van der Waals surface area contributed by atoms with Crippen molar-refractivity contribution in [3.63, 3.8) is 0 Å². The number of likely N-dealkylation sites (tertiary alicyclic amines) is 1. The van der Waals surface area contributed by atoms with Crippen LogP contribution in [0.1, 0.15) is 18.4 Å². The van der Waals surface area contributed by atoms with Gasteiger partial charge in [-0.1, -0.05) is 0 Å². The Morgan fingerprint density at radius 3 is 3.00 bits per heavy atom. The van der Waals surface area contributed by atoms with Gasteiger partial charge in [0.25, 0.3) is 0 Å². The molecule has 0 radical (unpaired) electrons. The highest BCUT2D eigenvalue weighted by molar-refractivity contribution is 5.85. The van der Waals surface area contributed by atoms with Gasteiger partial charge in [0.2, 0.25) is 0 Å². The van der Waals surface area contributed by atoms with E-state index in [0.717, 1.165) is 37.3 Å². The fraction of sp³-hybridized carbons (Fsp3) is 0.545. The van der Waals surface area contributed by atoms with Crippen molar-refractivity contribution in [1.82, 2.24) is 14.9 Å². The molecule has 6 nitrogen and oxygen atoms in total. The number of nitrogens with two attached hydrogens (primary N) is 1. The fourth-order valence-electron chi connectivity index (χ4n) is 1.98. The second-order valence-electron chi connectivity index (χ2n) is 4.33. The Labute approximate surface area is 101 Å². The molecule has 0 saturated carbocycles. The molecule has 3 N–H and O–H groups in total. The summed E-state index contributed by atoms with van der Waals surface area (Å²) in [5, 5.41) is 6.95. The minimum atomic E-state index is 0.464. The third-order valence-corrected chi connectivity index (χ3v) is 3.01. The van der Waals surface area contributed by atoms with Crippen LogP contribution >= 0.6 is 0 Å². The van der Waals surface area contributed by atoms with E-state index < -0.39 is 0 Å². The number of hydrogen-bond acceptors (Lipinski definition) is 6. The third kappa shape index (κ3) is 3.13. The molecule has 0 spiro atoms. The Morgan fingerprint density at radius 2 is 2.29 bits per heavy atom. The van der Waals surface area contributed by atoms with E-state index in [1.807, 2.05) is 0 Å². The van der Waals surface area contributed by atoms with Gasteiger partial charge in [-0.05, 0) is 33.0 Å². The van der Waals surface area contributed by atoms with Crippen LogP contribution in [0.4, 0.5) is 5.82 Å². The Balaban J connectivity index is 2.03. The van der Waals surface area contributed by atoms with Gasteiger partial charge in [-0.15, -0.1) is 0 Å². The molecule has 1 aliphatic heterocycles. The molecule has 6 heteroatoms. The number of rotatable bonds is 3. The molecule has 1 fully saturated rings. The van der Waals surface area contributed by atoms with Crippen molar-refractivity contribution in [2.24, 2.45) is 10.9 Å². The molecular weight excluding hydrogens is 216 g/mol. The van der Waals surface area contributed by atoms with Gasteiger partial charge < -0.3 is 16.1 Å². The van der Waals surface area contributed by atoms with Crippen molar-refractivity contribution >= 4 is 12.0 Å². The molecule has 17 heavy (non-hydrogen) atoms. The lowest BCUT2D eigenvalue weighted by molar-refractivity contribution is 0.263. The van der Waals surface area contributed by atoms with Gasteiger partial charge in [-0.3, -0.25) is 0 Å². The maximum Gasteiger partial charge on any atom is 0.138 e. The van der Waals surface area contributed by atoms with Crippen molar-refractivity contribution < 1.29 is 0 Å². The molecule has 1 aliphatic rings. The summed E-state index contributed by atoms with van der Waals surface area (Å²) in [6, 6.07) is 0.464. The molecular formula is C11H18N6. The van der Waals surface area contributed by atoms with E-state index in [4.69, 9.17) is 5.84 Å². The number of aromatic nitrogens is 2. The van der Waals surface area contributed by atoms with E-state index in [0.29, 0.717) is 6.04 Å². The lowest BCUT2D eigenvalue weighted by atomic mass is 10.1. The first-order valence-electron chi connectivity index (χ1n) is 5.78. The van der Waals surface area contributed by atoms with E-state index in [1.54, 1.807) is 12.4 Å². The van der Waals surface area contributed by atoms with Gasteiger partial charge in [0.1, 0.15) is 12.1 Å². The molecule has 2 rings (SSSR count). The topological polar surface area (TPSA) is 79.4 Å². The first-order valence-corrected chi connectivity index (χ1v) is 5.78. The monoisotopic (exact) mass is 234 g/mol. The maximum atomic E-state index is 5.16. The van der Waals surface area contributed by atoms with Crippen molar-refractivity contribution in [1.29, 1.82) is 0 Å². The second-order valence-corrected chi connectivity index (χ2v) is 4.33. The highest BCUT2D eigenvalue weighted by Gasteiger charge is 2.17. The first kappa shape index (κ1) is 11.8. The van der Waals surface area contributed by atoms with Crippen LogP contribution in [0, 0.1) is 0 Å². The Hall–Kier alpha value is -1.69. The molecule has 0 aromatic carbocycles. The number of anilines is 1. The van der Waals surface area contributed by atoms with E-state index in [1.165, 1.54) is 6.33 Å². The van der Waals surface area contributed by atoms with E-state index in [-0.39, 0.29) is 0 Å². The highest BCUT2D eigenvalue weighted by atomic mass is 15.1. The van der Waals surface area contributed by atoms with Crippen LogP contribution in [-0.4, -0.2) is 47.3 Å². The predicted octanol–water partition coefficient (Wildman–Crippen LogP) is 0.275. The van der Waals surface area contributed by atoms with Crippen LogP contribution in [0.25, 0.3) is 0 Å². The summed E-state index contributed by atoms with van der Waals surface area (Å²) in [6.07, 6.45) is 7.06. The normalized spacial score (nSPS) is 18.6. The summed E-state index contributed by atoms with van der Waals surface area (Å²) in [5.41, 5.74) is 0.828. The van der Waals surface area contributed by atoms with Gasteiger partial charge in [0, 0.05) is 12.2 Å². The van der Waals surface area contributed by atoms with Crippen LogP contribution in [0.5, 0.6) is 0 Å². The summed E-state index contributed by atoms with van der Waals surface area (Å²) >= 11 is 0. The average molecular weight is 234 g/mol. The van der Waals surface area contributed by atoms with Crippen molar-refractivity contribution in [2.75, 3.05) is 25.5 Å². The van der Waals surface area contributed by atoms with Gasteiger partial charge in [-0.25, -0.2) is 9.97 Å². The van der Waals surface area contributed by atoms with Crippen LogP contribution in [0.3, 0.4) is 0 Å². The van der Waals surface area contributed by atoms with Crippen molar-refractivity contribution in [2.45, 2.75) is 18.9 Å². The quantitative estimate of drug-likeness (QED) is 0.446. The van der Waals surface area contributed by atoms with Crippen molar-refractivity contribution in [3.05, 3.63) is 18.1 Å². The zero-order chi connectivity index (χ0) is 12.1. The minimum absolute atomic E-state index is 0.464. The lowest BCUT2D eigenvalue weighted by Crippen LogP contribution is -2.37. The number of hydrazone groups is 1. The molecule has 1 aromatic heterocycles. The average Bonchev–Trinajstić information content (AvgIpc) is 2.35. The SMILES string of the molecule is CN1CCC(Nc2ncncc2/C=N\N)CC1. The van der Waals surface area contributed by atoms with Crippen LogP contribution in [0.15, 0.2) is 17.6 Å². The first-order chi connectivity index (χ1) is 8.29. The molecule has 92 valence electrons. The van der Waals surface area contributed by atoms with Gasteiger partial charge in [0.05, 0.1) is 11.8 Å². The van der Waals surface area contributed by atoms with Gasteiger partial charge in [0.15, 0.2) is 0 Å². The highest BCUT2D eigenvalue weighted by Crippen LogP contribution is 2.15. The van der Waals surface area contributed by atoms with E-state index in [9.17, 15) is 0 Å². The number of piperidine rings is 1. The van der Waals surface area contributed by atoms with E-state index >= 15 is 0 Å². The largest absolute Gasteiger partial charge is 0.367 e. The molecule has 0 atom stereocenters. The third-order valence-electron chi connectivity index (χ3n) is 3.01. The molecule has 0 bridgehead atoms. The fourth-order valence-corrected chi connectivity index (χ4v) is 1.98. The van der Waals surface area contributed by atoms with Crippen LogP contribution in [-0.2, 0) is 0 Å². The summed E-state index contributed by atoms with van der Waals surface area (Å²) in [7, 11) is 2.15. The minimum Gasteiger partial charge on any atom is -0.367 e. The summed E-state index contributed by atoms with van der Waals surface area (Å²) < 4.78 is 0. The summed E-state index contributed by atoms with van der Waals surface area (Å²) in [5.74, 6) is 5.97. The number of nitrogens with one attached hydrogen (secondary N) is 1. The number of hydrogen-bond donors (Lipinski definition) is 2. The lowest BCUT2D eigenvalue weighted by Gasteiger charge is -2.30. The Morgan fingerprint density at radius 1 is 1.53 bits per heavy atom. The molecule has 0 unspecified atom stereocenters. The van der Waals surface area contributed by atoms with Crippen LogP contribution < -0.4 is 11.2 Å². The number of nitrogens with zero attached hydrogens (tertiary/aromatic N) is 4. The van der Waals surface area contributed by atoms with Gasteiger partial charge >= 0.3 is 0 Å². The molecule has 0 amide bonds. The predicted molar refractivity (Wildman–Crippen MR) is 68.0 cm³/mol. The maximum absolute atomic E-state index is 5.16. The van der Waals surface area contributed by atoms with Gasteiger partial charge in [-0.2, -0.15) is 5.10 Å². The molecule has 1 saturated heterocycles. The zero-order valence-corrected chi connectivity index (χ0v) is 10.0. The standard InChI is InChI=1S/C11H18N6/c1-17-4-2-10(3-5-17)16-11-9(7-15-12)6-13-8-14-11/h6-8,10H,2-5,12H2,1H3,(H,13,14,16)/b15-7-. The Bertz CT molecular complexity index is 383. The van der Waals surface area contributed by atoms with Crippen molar-refractivity contribution in [3.8, 4) is 0 Å². The summed E-state index contributed by atoms with van der Waals surface area (Å²) in [6.45, 7) is 2.23. The molecule has 0 aliphatic carbocycles. The second kappa shape index (κ2) is 5.58. The van der Waals surface area contributed by atoms with E-state index in [2.05, 4.69) is 32.3 Å². The smallest absolute Gasteiger partial charge is 0.138 e. The molecule has 1 aromatic rings. The summed E-state index contributed by atoms with van der Waals surface area (Å²) in [4.78, 5) is 10.5. The van der Waals surface area contributed by atoms with Crippen LogP contribution in [0.2, 0.25) is 0 Å². The zero-order valence-electron chi connectivity index (χ0n) is 10.0. The Kier molecular flexibility index (Phi) is 3.87. The molecule has 2 heterocycles.